The molecule has 8 heteroatoms. The monoisotopic (exact) mass is 431 g/mol. The highest BCUT2D eigenvalue weighted by molar-refractivity contribution is 6.04. The van der Waals surface area contributed by atoms with Gasteiger partial charge >= 0.3 is 0 Å². The van der Waals surface area contributed by atoms with Crippen molar-refractivity contribution in [1.29, 1.82) is 0 Å². The first-order valence-corrected chi connectivity index (χ1v) is 10.3. The van der Waals surface area contributed by atoms with Crippen molar-refractivity contribution in [1.82, 2.24) is 30.1 Å². The highest BCUT2D eigenvalue weighted by Crippen LogP contribution is 2.30. The highest BCUT2D eigenvalue weighted by Gasteiger charge is 2.14. The molecule has 33 heavy (non-hydrogen) atoms. The van der Waals surface area contributed by atoms with Gasteiger partial charge in [-0.2, -0.15) is 5.10 Å². The van der Waals surface area contributed by atoms with E-state index < -0.39 is 0 Å². The smallest absolute Gasteiger partial charge is 0.255 e. The second-order valence-corrected chi connectivity index (χ2v) is 7.59. The van der Waals surface area contributed by atoms with Crippen LogP contribution in [0.25, 0.3) is 44.6 Å². The van der Waals surface area contributed by atoms with E-state index >= 15 is 0 Å². The standard InChI is InChI=1S/C25H17N7O/c33-25(15-5-2-1-3-6-15)29-17-9-16(12-26-13-17)20-10-18-23(14-28-20)31-32-24(18)22-11-21-19(30-22)7-4-8-27-21/h1-14,30H,(H,29,33)(H,31,32). The molecular weight excluding hydrogens is 414 g/mol. The minimum absolute atomic E-state index is 0.192. The van der Waals surface area contributed by atoms with E-state index in [1.165, 1.54) is 0 Å². The Morgan fingerprint density at radius 3 is 2.67 bits per heavy atom. The molecule has 0 bridgehead atoms. The van der Waals surface area contributed by atoms with E-state index in [4.69, 9.17) is 0 Å². The van der Waals surface area contributed by atoms with E-state index in [0.717, 1.165) is 44.6 Å². The van der Waals surface area contributed by atoms with Gasteiger partial charge in [0.05, 0.1) is 46.0 Å². The molecule has 0 aliphatic carbocycles. The van der Waals surface area contributed by atoms with Crippen molar-refractivity contribution in [2.75, 3.05) is 5.32 Å². The lowest BCUT2D eigenvalue weighted by Crippen LogP contribution is -2.11. The summed E-state index contributed by atoms with van der Waals surface area (Å²) in [6.07, 6.45) is 6.85. The summed E-state index contributed by atoms with van der Waals surface area (Å²) in [4.78, 5) is 29.1. The molecule has 158 valence electrons. The molecule has 0 aliphatic rings. The summed E-state index contributed by atoms with van der Waals surface area (Å²) in [5.74, 6) is -0.192. The molecule has 5 heterocycles. The van der Waals surface area contributed by atoms with Gasteiger partial charge in [-0.1, -0.05) is 18.2 Å². The van der Waals surface area contributed by atoms with Crippen LogP contribution >= 0.6 is 0 Å². The quantitative estimate of drug-likeness (QED) is 0.371. The first-order valence-electron chi connectivity index (χ1n) is 10.3. The van der Waals surface area contributed by atoms with Crippen molar-refractivity contribution < 1.29 is 4.79 Å². The zero-order valence-corrected chi connectivity index (χ0v) is 17.3. The van der Waals surface area contributed by atoms with E-state index in [-0.39, 0.29) is 5.91 Å². The molecule has 8 nitrogen and oxygen atoms in total. The van der Waals surface area contributed by atoms with Crippen molar-refractivity contribution in [2.24, 2.45) is 0 Å². The number of nitrogens with one attached hydrogen (secondary N) is 3. The van der Waals surface area contributed by atoms with Gasteiger partial charge in [-0.05, 0) is 42.5 Å². The number of anilines is 1. The number of carbonyl (C=O) groups is 1. The molecule has 1 amide bonds. The van der Waals surface area contributed by atoms with Crippen LogP contribution in [0.2, 0.25) is 0 Å². The van der Waals surface area contributed by atoms with Crippen LogP contribution in [0.3, 0.4) is 0 Å². The first kappa shape index (κ1) is 18.9. The number of fused-ring (bicyclic) bond motifs is 2. The average Bonchev–Trinajstić information content (AvgIpc) is 3.48. The molecule has 5 aromatic heterocycles. The Bertz CT molecular complexity index is 1590. The molecule has 0 spiro atoms. The number of H-pyrrole nitrogens is 2. The van der Waals surface area contributed by atoms with Crippen LogP contribution in [0.5, 0.6) is 0 Å². The van der Waals surface area contributed by atoms with Gasteiger partial charge in [0, 0.05) is 28.9 Å². The third-order valence-electron chi connectivity index (χ3n) is 5.42. The number of pyridine rings is 3. The molecule has 0 unspecified atom stereocenters. The van der Waals surface area contributed by atoms with Crippen molar-refractivity contribution in [3.8, 4) is 22.6 Å². The van der Waals surface area contributed by atoms with Gasteiger partial charge in [0.25, 0.3) is 5.91 Å². The fourth-order valence-electron chi connectivity index (χ4n) is 3.80. The number of hydrogen-bond acceptors (Lipinski definition) is 5. The number of nitrogens with zero attached hydrogens (tertiary/aromatic N) is 4. The zero-order valence-electron chi connectivity index (χ0n) is 17.3. The van der Waals surface area contributed by atoms with Crippen LogP contribution in [0, 0.1) is 0 Å². The Morgan fingerprint density at radius 1 is 0.879 bits per heavy atom. The van der Waals surface area contributed by atoms with E-state index in [1.807, 2.05) is 48.5 Å². The van der Waals surface area contributed by atoms with Crippen LogP contribution in [-0.2, 0) is 0 Å². The maximum atomic E-state index is 12.5. The number of rotatable bonds is 4. The first-order chi connectivity index (χ1) is 16.2. The fourth-order valence-corrected chi connectivity index (χ4v) is 3.80. The number of amides is 1. The number of aromatic amines is 2. The van der Waals surface area contributed by atoms with E-state index in [2.05, 4.69) is 35.5 Å². The fraction of sp³-hybridized carbons (Fsp3) is 0. The topological polar surface area (TPSA) is 112 Å². The molecule has 0 saturated carbocycles. The second kappa shape index (κ2) is 7.69. The third kappa shape index (κ3) is 3.49. The predicted octanol–water partition coefficient (Wildman–Crippen LogP) is 4.82. The van der Waals surface area contributed by atoms with Crippen LogP contribution in [0.4, 0.5) is 5.69 Å². The minimum atomic E-state index is -0.192. The lowest BCUT2D eigenvalue weighted by Gasteiger charge is -2.07. The molecule has 0 atom stereocenters. The second-order valence-electron chi connectivity index (χ2n) is 7.59. The highest BCUT2D eigenvalue weighted by atomic mass is 16.1. The molecule has 1 aromatic carbocycles. The van der Waals surface area contributed by atoms with Crippen LogP contribution in [0.1, 0.15) is 10.4 Å². The molecule has 0 fully saturated rings. The largest absolute Gasteiger partial charge is 0.352 e. The minimum Gasteiger partial charge on any atom is -0.352 e. The number of carbonyl (C=O) groups excluding carboxylic acids is 1. The summed E-state index contributed by atoms with van der Waals surface area (Å²) in [7, 11) is 0. The summed E-state index contributed by atoms with van der Waals surface area (Å²) in [5.41, 5.74) is 6.99. The Kier molecular flexibility index (Phi) is 4.40. The van der Waals surface area contributed by atoms with Crippen LogP contribution in [-0.4, -0.2) is 36.0 Å². The van der Waals surface area contributed by atoms with E-state index in [1.54, 1.807) is 36.9 Å². The van der Waals surface area contributed by atoms with Gasteiger partial charge in [0.15, 0.2) is 0 Å². The lowest BCUT2D eigenvalue weighted by atomic mass is 10.1. The summed E-state index contributed by atoms with van der Waals surface area (Å²) >= 11 is 0. The van der Waals surface area contributed by atoms with Crippen molar-refractivity contribution in [3.05, 3.63) is 91.0 Å². The van der Waals surface area contributed by atoms with E-state index in [0.29, 0.717) is 11.3 Å². The van der Waals surface area contributed by atoms with Crippen molar-refractivity contribution in [3.63, 3.8) is 0 Å². The summed E-state index contributed by atoms with van der Waals surface area (Å²) < 4.78 is 0. The molecule has 6 aromatic rings. The summed E-state index contributed by atoms with van der Waals surface area (Å²) in [6, 6.07) is 18.7. The Labute approximate surface area is 187 Å². The van der Waals surface area contributed by atoms with E-state index in [9.17, 15) is 4.79 Å². The molecular formula is C25H17N7O. The SMILES string of the molecule is O=C(Nc1cncc(-c2cc3c(-c4cc5ncccc5[nH]4)n[nH]c3cn2)c1)c1ccccc1. The summed E-state index contributed by atoms with van der Waals surface area (Å²) in [5, 5.41) is 11.3. The summed E-state index contributed by atoms with van der Waals surface area (Å²) in [6.45, 7) is 0. The average molecular weight is 431 g/mol. The maximum absolute atomic E-state index is 12.5. The third-order valence-corrected chi connectivity index (χ3v) is 5.42. The van der Waals surface area contributed by atoms with Gasteiger partial charge in [0.2, 0.25) is 0 Å². The number of benzene rings is 1. The van der Waals surface area contributed by atoms with Crippen molar-refractivity contribution >= 4 is 33.5 Å². The van der Waals surface area contributed by atoms with Crippen LogP contribution < -0.4 is 5.32 Å². The normalized spacial score (nSPS) is 11.2. The lowest BCUT2D eigenvalue weighted by molar-refractivity contribution is 0.102. The maximum Gasteiger partial charge on any atom is 0.255 e. The number of hydrogen-bond donors (Lipinski definition) is 3. The Balaban J connectivity index is 1.36. The zero-order chi connectivity index (χ0) is 22.2. The van der Waals surface area contributed by atoms with Gasteiger partial charge in [0.1, 0.15) is 5.69 Å². The molecule has 0 radical (unpaired) electrons. The van der Waals surface area contributed by atoms with Gasteiger partial charge in [-0.25, -0.2) is 0 Å². The van der Waals surface area contributed by atoms with Gasteiger partial charge < -0.3 is 10.3 Å². The molecule has 0 saturated heterocycles. The van der Waals surface area contributed by atoms with Gasteiger partial charge in [-0.3, -0.25) is 24.8 Å². The Hall–Kier alpha value is -4.85. The number of aromatic nitrogens is 6. The molecule has 0 aliphatic heterocycles. The predicted molar refractivity (Wildman–Crippen MR) is 127 cm³/mol. The van der Waals surface area contributed by atoms with Crippen LogP contribution in [0.15, 0.2) is 85.5 Å². The Morgan fingerprint density at radius 2 is 1.79 bits per heavy atom. The van der Waals surface area contributed by atoms with Gasteiger partial charge in [-0.15, -0.1) is 0 Å². The molecule has 6 rings (SSSR count). The van der Waals surface area contributed by atoms with Crippen molar-refractivity contribution in [2.45, 2.75) is 0 Å². The molecule has 3 N–H and O–H groups in total.